The molecule has 1 aromatic heterocycles. The number of benzene rings is 1. The molecule has 2 aromatic rings. The van der Waals surface area contributed by atoms with Crippen LogP contribution in [0.15, 0.2) is 41.3 Å². The summed E-state index contributed by atoms with van der Waals surface area (Å²) < 4.78 is 12.3. The number of aromatic nitrogens is 1. The lowest BCUT2D eigenvalue weighted by molar-refractivity contribution is -0.123. The van der Waals surface area contributed by atoms with E-state index in [1.807, 2.05) is 24.3 Å². The van der Waals surface area contributed by atoms with E-state index >= 15 is 0 Å². The standard InChI is InChI=1S/C18H22N2O5/c1-13-18(15(22)7-8-20(13)9-10-21)25-12-17(23)19-11-14-5-3-4-6-16(14)24-2/h3-8,21H,9-12H2,1-2H3,(H,19,23). The number of nitrogens with one attached hydrogen (secondary N) is 1. The van der Waals surface area contributed by atoms with E-state index in [1.54, 1.807) is 24.8 Å². The monoisotopic (exact) mass is 346 g/mol. The van der Waals surface area contributed by atoms with Gasteiger partial charge in [-0.05, 0) is 13.0 Å². The number of hydrogen-bond acceptors (Lipinski definition) is 5. The van der Waals surface area contributed by atoms with Gasteiger partial charge >= 0.3 is 0 Å². The number of methoxy groups -OCH3 is 1. The molecule has 1 amide bonds. The highest BCUT2D eigenvalue weighted by atomic mass is 16.5. The number of nitrogens with zero attached hydrogens (tertiary/aromatic N) is 1. The molecule has 0 saturated carbocycles. The minimum absolute atomic E-state index is 0.0530. The number of pyridine rings is 1. The van der Waals surface area contributed by atoms with E-state index in [2.05, 4.69) is 5.32 Å². The molecule has 1 aromatic carbocycles. The minimum Gasteiger partial charge on any atom is -0.496 e. The zero-order valence-electron chi connectivity index (χ0n) is 14.3. The van der Waals surface area contributed by atoms with E-state index < -0.39 is 0 Å². The van der Waals surface area contributed by atoms with E-state index in [-0.39, 0.29) is 30.3 Å². The molecule has 0 radical (unpaired) electrons. The molecule has 1 heterocycles. The van der Waals surface area contributed by atoms with Gasteiger partial charge in [0.05, 0.1) is 19.4 Å². The summed E-state index contributed by atoms with van der Waals surface area (Å²) in [5, 5.41) is 11.8. The molecule has 2 N–H and O–H groups in total. The summed E-state index contributed by atoms with van der Waals surface area (Å²) in [6.45, 7) is 2.03. The van der Waals surface area contributed by atoms with Crippen molar-refractivity contribution < 1.29 is 19.4 Å². The highest BCUT2D eigenvalue weighted by Crippen LogP contribution is 2.16. The number of amides is 1. The number of ether oxygens (including phenoxy) is 2. The summed E-state index contributed by atoms with van der Waals surface area (Å²) in [5.41, 5.74) is 1.11. The molecule has 0 aliphatic rings. The van der Waals surface area contributed by atoms with Crippen LogP contribution in [0, 0.1) is 6.92 Å². The number of rotatable bonds is 8. The molecule has 25 heavy (non-hydrogen) atoms. The van der Waals surface area contributed by atoms with Gasteiger partial charge in [-0.15, -0.1) is 0 Å². The predicted molar refractivity (Wildman–Crippen MR) is 92.9 cm³/mol. The van der Waals surface area contributed by atoms with Crippen LogP contribution in [-0.4, -0.2) is 35.9 Å². The van der Waals surface area contributed by atoms with Gasteiger partial charge in [-0.1, -0.05) is 18.2 Å². The van der Waals surface area contributed by atoms with E-state index in [1.165, 1.54) is 6.07 Å². The third-order valence-corrected chi connectivity index (χ3v) is 3.75. The summed E-state index contributed by atoms with van der Waals surface area (Å²) in [6, 6.07) is 8.73. The van der Waals surface area contributed by atoms with Gasteiger partial charge in [0.15, 0.2) is 12.4 Å². The van der Waals surface area contributed by atoms with Gasteiger partial charge in [-0.3, -0.25) is 9.59 Å². The SMILES string of the molecule is COc1ccccc1CNC(=O)COc1c(C)n(CCO)ccc1=O. The summed E-state index contributed by atoms with van der Waals surface area (Å²) in [4.78, 5) is 23.9. The molecule has 0 spiro atoms. The van der Waals surface area contributed by atoms with Crippen molar-refractivity contribution in [2.75, 3.05) is 20.3 Å². The smallest absolute Gasteiger partial charge is 0.258 e. The molecule has 0 unspecified atom stereocenters. The predicted octanol–water partition coefficient (Wildman–Crippen LogP) is 0.853. The van der Waals surface area contributed by atoms with Crippen LogP contribution in [0.5, 0.6) is 11.5 Å². The maximum atomic E-state index is 12.0. The number of carbonyl (C=O) groups excluding carboxylic acids is 1. The molecule has 7 heteroatoms. The van der Waals surface area contributed by atoms with Gasteiger partial charge in [0.2, 0.25) is 5.43 Å². The lowest BCUT2D eigenvalue weighted by atomic mass is 10.2. The number of aliphatic hydroxyl groups excluding tert-OH is 1. The maximum Gasteiger partial charge on any atom is 0.258 e. The van der Waals surface area contributed by atoms with E-state index in [0.29, 0.717) is 24.5 Å². The fraction of sp³-hybridized carbons (Fsp3) is 0.333. The first-order valence-electron chi connectivity index (χ1n) is 7.89. The molecule has 0 aliphatic carbocycles. The Balaban J connectivity index is 1.96. The van der Waals surface area contributed by atoms with Crippen molar-refractivity contribution >= 4 is 5.91 Å². The Morgan fingerprint density at radius 3 is 2.76 bits per heavy atom. The van der Waals surface area contributed by atoms with E-state index in [4.69, 9.17) is 14.6 Å². The van der Waals surface area contributed by atoms with Crippen molar-refractivity contribution in [3.63, 3.8) is 0 Å². The van der Waals surface area contributed by atoms with Crippen molar-refractivity contribution in [1.82, 2.24) is 9.88 Å². The first kappa shape index (κ1) is 18.5. The number of carbonyl (C=O) groups is 1. The summed E-state index contributed by atoms with van der Waals surface area (Å²) in [6.07, 6.45) is 1.59. The highest BCUT2D eigenvalue weighted by Gasteiger charge is 2.11. The largest absolute Gasteiger partial charge is 0.496 e. The normalized spacial score (nSPS) is 10.4. The first-order valence-corrected chi connectivity index (χ1v) is 7.89. The number of aliphatic hydroxyl groups is 1. The third kappa shape index (κ3) is 4.84. The minimum atomic E-state index is -0.345. The van der Waals surface area contributed by atoms with Gasteiger partial charge in [0.25, 0.3) is 5.91 Å². The Morgan fingerprint density at radius 2 is 2.04 bits per heavy atom. The van der Waals surface area contributed by atoms with Crippen molar-refractivity contribution in [3.8, 4) is 11.5 Å². The van der Waals surface area contributed by atoms with Gasteiger partial charge in [-0.2, -0.15) is 0 Å². The molecule has 134 valence electrons. The van der Waals surface area contributed by atoms with Crippen LogP contribution in [0.4, 0.5) is 0 Å². The van der Waals surface area contributed by atoms with Crippen LogP contribution >= 0.6 is 0 Å². The van der Waals surface area contributed by atoms with Crippen LogP contribution in [0.3, 0.4) is 0 Å². The van der Waals surface area contributed by atoms with Crippen molar-refractivity contribution in [2.45, 2.75) is 20.0 Å². The van der Waals surface area contributed by atoms with Gasteiger partial charge in [-0.25, -0.2) is 0 Å². The molecule has 0 saturated heterocycles. The molecule has 0 bridgehead atoms. The van der Waals surface area contributed by atoms with Crippen molar-refractivity contribution in [3.05, 3.63) is 58.0 Å². The van der Waals surface area contributed by atoms with Crippen molar-refractivity contribution in [2.24, 2.45) is 0 Å². The Hall–Kier alpha value is -2.80. The van der Waals surface area contributed by atoms with Crippen LogP contribution in [0.2, 0.25) is 0 Å². The first-order chi connectivity index (χ1) is 12.1. The van der Waals surface area contributed by atoms with Crippen LogP contribution in [0.25, 0.3) is 0 Å². The molecule has 0 aliphatic heterocycles. The molecule has 0 fully saturated rings. The zero-order chi connectivity index (χ0) is 18.2. The zero-order valence-corrected chi connectivity index (χ0v) is 14.3. The fourth-order valence-electron chi connectivity index (χ4n) is 2.41. The van der Waals surface area contributed by atoms with Crippen LogP contribution in [-0.2, 0) is 17.9 Å². The second-order valence-electron chi connectivity index (χ2n) is 5.39. The quantitative estimate of drug-likeness (QED) is 0.740. The van der Waals surface area contributed by atoms with E-state index in [9.17, 15) is 9.59 Å². The lowest BCUT2D eigenvalue weighted by Crippen LogP contribution is -2.30. The Morgan fingerprint density at radius 1 is 1.28 bits per heavy atom. The van der Waals surface area contributed by atoms with Gasteiger partial charge < -0.3 is 24.5 Å². The second-order valence-corrected chi connectivity index (χ2v) is 5.39. The van der Waals surface area contributed by atoms with E-state index in [0.717, 1.165) is 5.56 Å². The highest BCUT2D eigenvalue weighted by molar-refractivity contribution is 5.77. The van der Waals surface area contributed by atoms with Crippen LogP contribution in [0.1, 0.15) is 11.3 Å². The second kappa shape index (κ2) is 8.89. The van der Waals surface area contributed by atoms with Gasteiger partial charge in [0, 0.05) is 30.9 Å². The fourth-order valence-corrected chi connectivity index (χ4v) is 2.41. The maximum absolute atomic E-state index is 12.0. The third-order valence-electron chi connectivity index (χ3n) is 3.75. The number of hydrogen-bond donors (Lipinski definition) is 2. The molecule has 0 atom stereocenters. The molecule has 2 rings (SSSR count). The van der Waals surface area contributed by atoms with Crippen LogP contribution < -0.4 is 20.2 Å². The molecule has 7 nitrogen and oxygen atoms in total. The summed E-state index contributed by atoms with van der Waals surface area (Å²) in [5.74, 6) is 0.458. The topological polar surface area (TPSA) is 89.8 Å². The number of para-hydroxylation sites is 1. The summed E-state index contributed by atoms with van der Waals surface area (Å²) in [7, 11) is 1.57. The Kier molecular flexibility index (Phi) is 6.59. The molecular formula is C18H22N2O5. The average Bonchev–Trinajstić information content (AvgIpc) is 2.62. The van der Waals surface area contributed by atoms with Gasteiger partial charge in [0.1, 0.15) is 5.75 Å². The Bertz CT molecular complexity index is 785. The molecular weight excluding hydrogens is 324 g/mol. The summed E-state index contributed by atoms with van der Waals surface area (Å²) >= 11 is 0. The van der Waals surface area contributed by atoms with Crippen molar-refractivity contribution in [1.29, 1.82) is 0 Å². The lowest BCUT2D eigenvalue weighted by Gasteiger charge is -2.14. The Labute approximate surface area is 145 Å². The average molecular weight is 346 g/mol.